The zero-order chi connectivity index (χ0) is 43.9. The standard InChI is InChI=1S/C63H44N2O/c1-63(2)56-21-8-3-17-50(56)51-36-30-44(39-57(51)63)42-28-33-47(34-29-42)64(48-35-37-55-54-20-7-12-25-61(54)66-62(55)40-48)46-31-26-41(27-32-46)43-14-13-15-45(38-43)49-16-4-9-22-58(49)65-59-23-10-5-18-52(59)53-19-6-11-24-60(53)65/h3-40H,1-2H3. The zero-order valence-corrected chi connectivity index (χ0v) is 36.7. The van der Waals surface area contributed by atoms with Gasteiger partial charge in [0, 0.05) is 55.7 Å². The van der Waals surface area contributed by atoms with E-state index in [0.29, 0.717) is 0 Å². The molecule has 0 amide bonds. The van der Waals surface area contributed by atoms with E-state index in [-0.39, 0.29) is 5.41 Å². The second-order valence-electron chi connectivity index (χ2n) is 18.1. The van der Waals surface area contributed by atoms with Crippen molar-refractivity contribution in [1.29, 1.82) is 0 Å². The molecule has 0 N–H and O–H groups in total. The van der Waals surface area contributed by atoms with E-state index in [1.807, 2.05) is 12.1 Å². The van der Waals surface area contributed by atoms with E-state index < -0.39 is 0 Å². The maximum absolute atomic E-state index is 6.44. The average molecular weight is 845 g/mol. The van der Waals surface area contributed by atoms with Gasteiger partial charge in [0.2, 0.25) is 0 Å². The van der Waals surface area contributed by atoms with Gasteiger partial charge in [-0.05, 0) is 123 Å². The van der Waals surface area contributed by atoms with Crippen LogP contribution in [0.5, 0.6) is 0 Å². The van der Waals surface area contributed by atoms with Crippen LogP contribution >= 0.6 is 0 Å². The molecule has 2 heterocycles. The number of rotatable bonds is 7. The van der Waals surface area contributed by atoms with E-state index in [1.165, 1.54) is 66.3 Å². The Morgan fingerprint density at radius 2 is 0.879 bits per heavy atom. The predicted molar refractivity (Wildman–Crippen MR) is 277 cm³/mol. The number of furan rings is 1. The Hall–Kier alpha value is -8.40. The van der Waals surface area contributed by atoms with E-state index in [9.17, 15) is 0 Å². The largest absolute Gasteiger partial charge is 0.456 e. The first-order valence-corrected chi connectivity index (χ1v) is 22.8. The molecule has 13 rings (SSSR count). The third-order valence-corrected chi connectivity index (χ3v) is 14.0. The first-order chi connectivity index (χ1) is 32.5. The molecule has 0 fully saturated rings. The number of hydrogen-bond donors (Lipinski definition) is 0. The summed E-state index contributed by atoms with van der Waals surface area (Å²) < 4.78 is 8.85. The van der Waals surface area contributed by atoms with Gasteiger partial charge in [-0.15, -0.1) is 0 Å². The van der Waals surface area contributed by atoms with Crippen molar-refractivity contribution in [2.45, 2.75) is 19.3 Å². The maximum Gasteiger partial charge on any atom is 0.137 e. The van der Waals surface area contributed by atoms with Crippen molar-refractivity contribution in [1.82, 2.24) is 4.57 Å². The van der Waals surface area contributed by atoms with Crippen molar-refractivity contribution in [2.75, 3.05) is 4.90 Å². The highest BCUT2D eigenvalue weighted by molar-refractivity contribution is 6.10. The summed E-state index contributed by atoms with van der Waals surface area (Å²) in [5.74, 6) is 0. The van der Waals surface area contributed by atoms with Gasteiger partial charge in [0.15, 0.2) is 0 Å². The van der Waals surface area contributed by atoms with Crippen LogP contribution in [0.3, 0.4) is 0 Å². The van der Waals surface area contributed by atoms with Gasteiger partial charge in [0.25, 0.3) is 0 Å². The van der Waals surface area contributed by atoms with E-state index in [0.717, 1.165) is 55.8 Å². The molecule has 0 unspecified atom stereocenters. The summed E-state index contributed by atoms with van der Waals surface area (Å²) in [5, 5.41) is 4.75. The summed E-state index contributed by atoms with van der Waals surface area (Å²) in [5.41, 5.74) is 21.0. The molecular weight excluding hydrogens is 801 g/mol. The highest BCUT2D eigenvalue weighted by Crippen LogP contribution is 2.50. The smallest absolute Gasteiger partial charge is 0.137 e. The number of hydrogen-bond acceptors (Lipinski definition) is 2. The summed E-state index contributed by atoms with van der Waals surface area (Å²) in [6.45, 7) is 4.69. The lowest BCUT2D eigenvalue weighted by molar-refractivity contribution is 0.660. The van der Waals surface area contributed by atoms with Gasteiger partial charge in [-0.25, -0.2) is 0 Å². The number of anilines is 3. The molecule has 0 radical (unpaired) electrons. The minimum absolute atomic E-state index is 0.0561. The Morgan fingerprint density at radius 1 is 0.348 bits per heavy atom. The van der Waals surface area contributed by atoms with Gasteiger partial charge >= 0.3 is 0 Å². The van der Waals surface area contributed by atoms with E-state index in [2.05, 4.69) is 242 Å². The normalized spacial score (nSPS) is 12.8. The first kappa shape index (κ1) is 38.1. The Kier molecular flexibility index (Phi) is 8.56. The lowest BCUT2D eigenvalue weighted by Gasteiger charge is -2.26. The maximum atomic E-state index is 6.44. The topological polar surface area (TPSA) is 21.3 Å². The summed E-state index contributed by atoms with van der Waals surface area (Å²) in [7, 11) is 0. The Bertz CT molecular complexity index is 3790. The molecule has 3 nitrogen and oxygen atoms in total. The SMILES string of the molecule is CC1(C)c2ccccc2-c2ccc(-c3ccc(N(c4ccc(-c5cccc(-c6ccccc6-n6c7ccccc7c7ccccc76)c5)cc4)c4ccc5c(c4)oc4ccccc45)cc3)cc21. The minimum Gasteiger partial charge on any atom is -0.456 e. The fourth-order valence-corrected chi connectivity index (χ4v) is 10.8. The van der Waals surface area contributed by atoms with Crippen molar-refractivity contribution in [3.63, 3.8) is 0 Å². The Morgan fingerprint density at radius 3 is 1.61 bits per heavy atom. The van der Waals surface area contributed by atoms with Gasteiger partial charge in [-0.3, -0.25) is 0 Å². The summed E-state index contributed by atoms with van der Waals surface area (Å²) >= 11 is 0. The van der Waals surface area contributed by atoms with Gasteiger partial charge in [0.1, 0.15) is 11.2 Å². The molecule has 3 heteroatoms. The highest BCUT2D eigenvalue weighted by Gasteiger charge is 2.35. The molecule has 2 aromatic heterocycles. The number of benzene rings is 10. The van der Waals surface area contributed by atoms with Crippen molar-refractivity contribution >= 4 is 60.8 Å². The van der Waals surface area contributed by atoms with Crippen LogP contribution in [0.15, 0.2) is 235 Å². The molecule has 0 saturated carbocycles. The number of fused-ring (bicyclic) bond motifs is 9. The molecule has 1 aliphatic rings. The van der Waals surface area contributed by atoms with Crippen molar-refractivity contribution in [3.8, 4) is 50.2 Å². The Balaban J connectivity index is 0.874. The zero-order valence-electron chi connectivity index (χ0n) is 36.7. The molecule has 66 heavy (non-hydrogen) atoms. The van der Waals surface area contributed by atoms with Crippen molar-refractivity contribution in [2.24, 2.45) is 0 Å². The van der Waals surface area contributed by atoms with Crippen LogP contribution < -0.4 is 4.90 Å². The van der Waals surface area contributed by atoms with Crippen LogP contribution in [-0.2, 0) is 5.41 Å². The van der Waals surface area contributed by atoms with Gasteiger partial charge in [0.05, 0.1) is 16.7 Å². The molecule has 0 atom stereocenters. The van der Waals surface area contributed by atoms with Gasteiger partial charge in [-0.2, -0.15) is 0 Å². The summed E-state index contributed by atoms with van der Waals surface area (Å²) in [4.78, 5) is 2.33. The lowest BCUT2D eigenvalue weighted by Crippen LogP contribution is -2.14. The molecule has 10 aromatic carbocycles. The van der Waals surface area contributed by atoms with Gasteiger partial charge in [-0.1, -0.05) is 166 Å². The molecule has 0 aliphatic heterocycles. The van der Waals surface area contributed by atoms with Gasteiger partial charge < -0.3 is 13.9 Å². The molecule has 0 saturated heterocycles. The molecule has 312 valence electrons. The van der Waals surface area contributed by atoms with Crippen LogP contribution in [0.2, 0.25) is 0 Å². The molecule has 12 aromatic rings. The number of para-hydroxylation sites is 4. The monoisotopic (exact) mass is 844 g/mol. The molecule has 1 aliphatic carbocycles. The second kappa shape index (κ2) is 14.8. The minimum atomic E-state index is -0.0561. The van der Waals surface area contributed by atoms with E-state index in [4.69, 9.17) is 4.42 Å². The quantitative estimate of drug-likeness (QED) is 0.159. The van der Waals surface area contributed by atoms with E-state index >= 15 is 0 Å². The van der Waals surface area contributed by atoms with Crippen LogP contribution in [0, 0.1) is 0 Å². The molecule has 0 spiro atoms. The fraction of sp³-hybridized carbons (Fsp3) is 0.0476. The summed E-state index contributed by atoms with van der Waals surface area (Å²) in [6.07, 6.45) is 0. The summed E-state index contributed by atoms with van der Waals surface area (Å²) in [6, 6.07) is 83.8. The van der Waals surface area contributed by atoms with Crippen LogP contribution in [0.4, 0.5) is 17.1 Å². The Labute approximate surface area is 384 Å². The second-order valence-corrected chi connectivity index (χ2v) is 18.1. The van der Waals surface area contributed by atoms with Crippen LogP contribution in [0.25, 0.3) is 93.9 Å². The number of aromatic nitrogens is 1. The predicted octanol–water partition coefficient (Wildman–Crippen LogP) is 17.5. The number of nitrogens with zero attached hydrogens (tertiary/aromatic N) is 2. The third-order valence-electron chi connectivity index (χ3n) is 14.0. The van der Waals surface area contributed by atoms with E-state index in [1.54, 1.807) is 0 Å². The fourth-order valence-electron chi connectivity index (χ4n) is 10.8. The lowest BCUT2D eigenvalue weighted by atomic mass is 9.81. The van der Waals surface area contributed by atoms with Crippen LogP contribution in [-0.4, -0.2) is 4.57 Å². The third kappa shape index (κ3) is 5.97. The highest BCUT2D eigenvalue weighted by atomic mass is 16.3. The van der Waals surface area contributed by atoms with Crippen molar-refractivity contribution in [3.05, 3.63) is 242 Å². The van der Waals surface area contributed by atoms with Crippen LogP contribution in [0.1, 0.15) is 25.0 Å². The molecule has 0 bridgehead atoms. The molecular formula is C63H44N2O. The van der Waals surface area contributed by atoms with Crippen molar-refractivity contribution < 1.29 is 4.42 Å². The first-order valence-electron chi connectivity index (χ1n) is 22.8. The average Bonchev–Trinajstić information content (AvgIpc) is 3.99.